The van der Waals surface area contributed by atoms with E-state index in [4.69, 9.17) is 5.11 Å². The first kappa shape index (κ1) is 12.1. The molecule has 0 aromatic heterocycles. The van der Waals surface area contributed by atoms with Gasteiger partial charge in [0.15, 0.2) is 0 Å². The van der Waals surface area contributed by atoms with E-state index in [1.807, 2.05) is 11.9 Å². The fourth-order valence-corrected chi connectivity index (χ4v) is 1.32. The van der Waals surface area contributed by atoms with E-state index in [0.29, 0.717) is 25.1 Å². The largest absolute Gasteiger partial charge is 0.395 e. The minimum atomic E-state index is -0.556. The van der Waals surface area contributed by atoms with Crippen molar-refractivity contribution >= 4 is 0 Å². The molecular weight excluding hydrogens is 200 g/mol. The van der Waals surface area contributed by atoms with E-state index < -0.39 is 11.6 Å². The molecule has 1 aromatic rings. The van der Waals surface area contributed by atoms with Crippen LogP contribution in [0.25, 0.3) is 0 Å². The maximum absolute atomic E-state index is 13.2. The summed E-state index contributed by atoms with van der Waals surface area (Å²) in [5, 5.41) is 8.66. The maximum Gasteiger partial charge on any atom is 0.129 e. The van der Waals surface area contributed by atoms with Crippen LogP contribution in [0.3, 0.4) is 0 Å². The minimum absolute atomic E-state index is 0.0857. The second-order valence-corrected chi connectivity index (χ2v) is 3.51. The molecule has 0 spiro atoms. The molecule has 0 fully saturated rings. The molecule has 15 heavy (non-hydrogen) atoms. The summed E-state index contributed by atoms with van der Waals surface area (Å²) in [5.74, 6) is -1.06. The first-order valence-corrected chi connectivity index (χ1v) is 4.87. The number of nitrogens with zero attached hydrogens (tertiary/aromatic N) is 1. The lowest BCUT2D eigenvalue weighted by atomic mass is 10.1. The zero-order valence-electron chi connectivity index (χ0n) is 8.71. The number of aliphatic hydroxyl groups excluding tert-OH is 1. The Labute approximate surface area is 88.1 Å². The normalized spacial score (nSPS) is 11.0. The van der Waals surface area contributed by atoms with Crippen LogP contribution in [-0.4, -0.2) is 36.8 Å². The molecule has 0 saturated heterocycles. The van der Waals surface area contributed by atoms with Crippen molar-refractivity contribution in [1.82, 2.24) is 4.90 Å². The first-order valence-electron chi connectivity index (χ1n) is 4.87. The molecule has 0 aliphatic carbocycles. The van der Waals surface area contributed by atoms with Crippen LogP contribution in [0.4, 0.5) is 8.78 Å². The van der Waals surface area contributed by atoms with Gasteiger partial charge in [-0.1, -0.05) is 6.07 Å². The van der Waals surface area contributed by atoms with Gasteiger partial charge in [-0.25, -0.2) is 8.78 Å². The summed E-state index contributed by atoms with van der Waals surface area (Å²) in [6.45, 7) is 1.29. The smallest absolute Gasteiger partial charge is 0.129 e. The molecule has 0 radical (unpaired) electrons. The Hall–Kier alpha value is -1.00. The second kappa shape index (κ2) is 5.78. The van der Waals surface area contributed by atoms with Crippen molar-refractivity contribution in [2.24, 2.45) is 0 Å². The van der Waals surface area contributed by atoms with Gasteiger partial charge in [-0.2, -0.15) is 0 Å². The van der Waals surface area contributed by atoms with Gasteiger partial charge in [0.25, 0.3) is 0 Å². The van der Waals surface area contributed by atoms with Crippen molar-refractivity contribution in [3.63, 3.8) is 0 Å². The number of benzene rings is 1. The van der Waals surface area contributed by atoms with Crippen molar-refractivity contribution in [3.05, 3.63) is 35.4 Å². The predicted octanol–water partition coefficient (Wildman–Crippen LogP) is 1.43. The Morgan fingerprint density at radius 3 is 2.60 bits per heavy atom. The molecule has 0 atom stereocenters. The summed E-state index contributed by atoms with van der Waals surface area (Å²) < 4.78 is 25.8. The molecule has 4 heteroatoms. The Balaban J connectivity index is 2.50. The molecule has 0 aliphatic heterocycles. The highest BCUT2D eigenvalue weighted by Gasteiger charge is 2.05. The van der Waals surface area contributed by atoms with Crippen molar-refractivity contribution in [2.45, 2.75) is 6.42 Å². The fraction of sp³-hybridized carbons (Fsp3) is 0.455. The number of aliphatic hydroxyl groups is 1. The zero-order valence-corrected chi connectivity index (χ0v) is 8.71. The lowest BCUT2D eigenvalue weighted by Crippen LogP contribution is -2.24. The zero-order chi connectivity index (χ0) is 11.3. The Kier molecular flexibility index (Phi) is 4.65. The predicted molar refractivity (Wildman–Crippen MR) is 54.6 cm³/mol. The van der Waals surface area contributed by atoms with E-state index in [1.165, 1.54) is 12.1 Å². The summed E-state index contributed by atoms with van der Waals surface area (Å²) in [7, 11) is 1.84. The summed E-state index contributed by atoms with van der Waals surface area (Å²) >= 11 is 0. The minimum Gasteiger partial charge on any atom is -0.395 e. The topological polar surface area (TPSA) is 23.5 Å². The Morgan fingerprint density at radius 1 is 1.27 bits per heavy atom. The lowest BCUT2D eigenvalue weighted by Gasteiger charge is -2.14. The standard InChI is InChI=1S/C11H15F2NO/c1-14(6-7-15)5-4-9-2-3-10(12)8-11(9)13/h2-3,8,15H,4-7H2,1H3. The molecule has 1 rings (SSSR count). The third-order valence-electron chi connectivity index (χ3n) is 2.26. The molecule has 0 heterocycles. The van der Waals surface area contributed by atoms with Crippen molar-refractivity contribution in [1.29, 1.82) is 0 Å². The van der Waals surface area contributed by atoms with Crippen LogP contribution in [0.1, 0.15) is 5.56 Å². The average Bonchev–Trinajstić information content (AvgIpc) is 2.17. The van der Waals surface area contributed by atoms with Gasteiger partial charge in [0.05, 0.1) is 6.61 Å². The maximum atomic E-state index is 13.2. The number of rotatable bonds is 5. The van der Waals surface area contributed by atoms with Crippen molar-refractivity contribution < 1.29 is 13.9 Å². The highest BCUT2D eigenvalue weighted by molar-refractivity contribution is 5.18. The average molecular weight is 215 g/mol. The monoisotopic (exact) mass is 215 g/mol. The van der Waals surface area contributed by atoms with Crippen LogP contribution in [-0.2, 0) is 6.42 Å². The van der Waals surface area contributed by atoms with E-state index in [0.717, 1.165) is 6.07 Å². The van der Waals surface area contributed by atoms with Gasteiger partial charge in [-0.3, -0.25) is 0 Å². The molecule has 0 saturated carbocycles. The molecule has 2 nitrogen and oxygen atoms in total. The van der Waals surface area contributed by atoms with Crippen LogP contribution in [0.2, 0.25) is 0 Å². The summed E-state index contributed by atoms with van der Waals surface area (Å²) in [4.78, 5) is 1.89. The second-order valence-electron chi connectivity index (χ2n) is 3.51. The molecular formula is C11H15F2NO. The molecule has 84 valence electrons. The van der Waals surface area contributed by atoms with Gasteiger partial charge >= 0.3 is 0 Å². The SMILES string of the molecule is CN(CCO)CCc1ccc(F)cc1F. The molecule has 1 N–H and O–H groups in total. The highest BCUT2D eigenvalue weighted by Crippen LogP contribution is 2.10. The third kappa shape index (κ3) is 3.93. The van der Waals surface area contributed by atoms with E-state index in [-0.39, 0.29) is 6.61 Å². The third-order valence-corrected chi connectivity index (χ3v) is 2.26. The van der Waals surface area contributed by atoms with Crippen molar-refractivity contribution in [2.75, 3.05) is 26.7 Å². The fourth-order valence-electron chi connectivity index (χ4n) is 1.32. The van der Waals surface area contributed by atoms with Crippen LogP contribution in [0.15, 0.2) is 18.2 Å². The summed E-state index contributed by atoms with van der Waals surface area (Å²) in [6, 6.07) is 3.60. The Morgan fingerprint density at radius 2 is 2.00 bits per heavy atom. The molecule has 0 bridgehead atoms. The van der Waals surface area contributed by atoms with Gasteiger partial charge in [-0.05, 0) is 25.1 Å². The number of likely N-dealkylation sites (N-methyl/N-ethyl adjacent to an activating group) is 1. The van der Waals surface area contributed by atoms with E-state index in [9.17, 15) is 8.78 Å². The molecule has 0 unspecified atom stereocenters. The van der Waals surface area contributed by atoms with Crippen LogP contribution < -0.4 is 0 Å². The first-order chi connectivity index (χ1) is 7.13. The van der Waals surface area contributed by atoms with E-state index in [2.05, 4.69) is 0 Å². The van der Waals surface area contributed by atoms with Crippen LogP contribution in [0.5, 0.6) is 0 Å². The Bertz CT molecular complexity index is 317. The molecule has 0 amide bonds. The van der Waals surface area contributed by atoms with Gasteiger partial charge in [0, 0.05) is 19.2 Å². The van der Waals surface area contributed by atoms with Crippen LogP contribution >= 0.6 is 0 Å². The van der Waals surface area contributed by atoms with Gasteiger partial charge in [0.2, 0.25) is 0 Å². The summed E-state index contributed by atoms with van der Waals surface area (Å²) in [5.41, 5.74) is 0.501. The van der Waals surface area contributed by atoms with Gasteiger partial charge < -0.3 is 10.0 Å². The molecule has 0 aliphatic rings. The quantitative estimate of drug-likeness (QED) is 0.803. The number of hydrogen-bond acceptors (Lipinski definition) is 2. The van der Waals surface area contributed by atoms with E-state index >= 15 is 0 Å². The van der Waals surface area contributed by atoms with Gasteiger partial charge in [0.1, 0.15) is 11.6 Å². The lowest BCUT2D eigenvalue weighted by molar-refractivity contribution is 0.222. The highest BCUT2D eigenvalue weighted by atomic mass is 19.1. The number of hydrogen-bond donors (Lipinski definition) is 1. The van der Waals surface area contributed by atoms with E-state index in [1.54, 1.807) is 0 Å². The van der Waals surface area contributed by atoms with Gasteiger partial charge in [-0.15, -0.1) is 0 Å². The number of halogens is 2. The molecule has 1 aromatic carbocycles. The van der Waals surface area contributed by atoms with Crippen molar-refractivity contribution in [3.8, 4) is 0 Å². The summed E-state index contributed by atoms with van der Waals surface area (Å²) in [6.07, 6.45) is 0.516. The van der Waals surface area contributed by atoms with Crippen LogP contribution in [0, 0.1) is 11.6 Å².